The minimum atomic E-state index is 0.952. The van der Waals surface area contributed by atoms with Crippen LogP contribution in [0.4, 0.5) is 0 Å². The number of hydrogen-bond donors (Lipinski definition) is 0. The van der Waals surface area contributed by atoms with Crippen molar-refractivity contribution in [3.8, 4) is 22.8 Å². The Balaban J connectivity index is 2.03. The molecule has 1 aliphatic heterocycles. The van der Waals surface area contributed by atoms with Gasteiger partial charge < -0.3 is 4.74 Å². The fraction of sp³-hybridized carbons (Fsp3) is 0.136. The molecule has 3 aromatic carbocycles. The second-order valence-electron chi connectivity index (χ2n) is 6.72. The average molecular weight is 312 g/mol. The third-order valence-electron chi connectivity index (χ3n) is 5.02. The molecule has 1 aromatic heterocycles. The van der Waals surface area contributed by atoms with Gasteiger partial charge in [0.15, 0.2) is 6.20 Å². The van der Waals surface area contributed by atoms with Gasteiger partial charge in [-0.15, -0.1) is 0 Å². The zero-order valence-corrected chi connectivity index (χ0v) is 14.1. The molecule has 0 amide bonds. The van der Waals surface area contributed by atoms with Crippen LogP contribution >= 0.6 is 0 Å². The summed E-state index contributed by atoms with van der Waals surface area (Å²) in [7, 11) is 2.10. The number of nitrogens with zero attached hydrogens (tertiary/aromatic N) is 1. The first kappa shape index (κ1) is 13.6. The molecule has 0 N–H and O–H groups in total. The van der Waals surface area contributed by atoms with Crippen molar-refractivity contribution in [1.82, 2.24) is 0 Å². The number of aromatic nitrogens is 1. The summed E-state index contributed by atoms with van der Waals surface area (Å²) in [5.41, 5.74) is 4.98. The summed E-state index contributed by atoms with van der Waals surface area (Å²) in [6.45, 7) is 4.31. The topological polar surface area (TPSA) is 13.1 Å². The van der Waals surface area contributed by atoms with Crippen molar-refractivity contribution in [2.24, 2.45) is 7.05 Å². The van der Waals surface area contributed by atoms with E-state index in [9.17, 15) is 0 Å². The number of pyridine rings is 1. The van der Waals surface area contributed by atoms with Crippen LogP contribution in [0.1, 0.15) is 11.1 Å². The molecule has 0 saturated heterocycles. The lowest BCUT2D eigenvalue weighted by molar-refractivity contribution is -0.659. The third kappa shape index (κ3) is 1.68. The predicted octanol–water partition coefficient (Wildman–Crippen LogP) is 5.21. The van der Waals surface area contributed by atoms with E-state index in [2.05, 4.69) is 80.2 Å². The number of fused-ring (bicyclic) bond motifs is 4. The van der Waals surface area contributed by atoms with Crippen molar-refractivity contribution in [3.05, 3.63) is 65.9 Å². The average Bonchev–Trinajstić information content (AvgIpc) is 2.58. The molecule has 0 bridgehead atoms. The Morgan fingerprint density at radius 2 is 1.75 bits per heavy atom. The van der Waals surface area contributed by atoms with Gasteiger partial charge in [0.2, 0.25) is 5.75 Å². The van der Waals surface area contributed by atoms with Gasteiger partial charge in [-0.3, -0.25) is 0 Å². The highest BCUT2D eigenvalue weighted by Gasteiger charge is 2.30. The zero-order chi connectivity index (χ0) is 16.4. The molecule has 116 valence electrons. The minimum Gasteiger partial charge on any atom is -0.449 e. The van der Waals surface area contributed by atoms with Crippen LogP contribution in [0.25, 0.3) is 32.8 Å². The van der Waals surface area contributed by atoms with E-state index in [-0.39, 0.29) is 0 Å². The van der Waals surface area contributed by atoms with Gasteiger partial charge in [0.25, 0.3) is 5.69 Å². The van der Waals surface area contributed by atoms with Gasteiger partial charge in [0.1, 0.15) is 12.8 Å². The maximum atomic E-state index is 6.43. The number of aryl methyl sites for hydroxylation is 3. The van der Waals surface area contributed by atoms with Gasteiger partial charge in [0.05, 0.1) is 5.56 Å². The van der Waals surface area contributed by atoms with Crippen LogP contribution in [-0.4, -0.2) is 0 Å². The van der Waals surface area contributed by atoms with Crippen molar-refractivity contribution < 1.29 is 9.30 Å². The summed E-state index contributed by atoms with van der Waals surface area (Å²) in [6.07, 6.45) is 2.20. The zero-order valence-electron chi connectivity index (χ0n) is 14.1. The first-order valence-electron chi connectivity index (χ1n) is 8.27. The molecule has 0 unspecified atom stereocenters. The molecule has 0 saturated carbocycles. The quantitative estimate of drug-likeness (QED) is 0.358. The van der Waals surface area contributed by atoms with Gasteiger partial charge in [-0.1, -0.05) is 35.9 Å². The molecule has 2 heterocycles. The standard InChI is InChI=1S/C22H18NO/c1-13-7-9-16-12-23(3)21-19-14(2)8-10-15-5-4-6-18(20(15)19)24-22(21)17(16)11-13/h4-12H,1-3H3/q+1. The summed E-state index contributed by atoms with van der Waals surface area (Å²) in [4.78, 5) is 0. The van der Waals surface area contributed by atoms with Crippen LogP contribution in [-0.2, 0) is 7.05 Å². The third-order valence-corrected chi connectivity index (χ3v) is 5.02. The minimum absolute atomic E-state index is 0.952. The normalized spacial score (nSPS) is 12.3. The first-order chi connectivity index (χ1) is 11.6. The lowest BCUT2D eigenvalue weighted by Gasteiger charge is -2.21. The second-order valence-corrected chi connectivity index (χ2v) is 6.72. The molecular weight excluding hydrogens is 294 g/mol. The molecule has 2 nitrogen and oxygen atoms in total. The van der Waals surface area contributed by atoms with Crippen LogP contribution in [0.3, 0.4) is 0 Å². The van der Waals surface area contributed by atoms with E-state index in [0.29, 0.717) is 0 Å². The van der Waals surface area contributed by atoms with Crippen molar-refractivity contribution in [2.45, 2.75) is 13.8 Å². The van der Waals surface area contributed by atoms with Crippen LogP contribution in [0.15, 0.2) is 54.7 Å². The summed E-state index contributed by atoms with van der Waals surface area (Å²) < 4.78 is 8.63. The molecule has 0 atom stereocenters. The van der Waals surface area contributed by atoms with E-state index in [4.69, 9.17) is 4.74 Å². The van der Waals surface area contributed by atoms with E-state index in [1.54, 1.807) is 0 Å². The van der Waals surface area contributed by atoms with Crippen molar-refractivity contribution in [1.29, 1.82) is 0 Å². The Bertz CT molecular complexity index is 1160. The molecule has 0 fully saturated rings. The number of hydrogen-bond acceptors (Lipinski definition) is 1. The van der Waals surface area contributed by atoms with E-state index in [1.165, 1.54) is 38.2 Å². The Morgan fingerprint density at radius 3 is 2.62 bits per heavy atom. The van der Waals surface area contributed by atoms with Gasteiger partial charge in [0, 0.05) is 16.2 Å². The Labute approximate surface area is 140 Å². The highest BCUT2D eigenvalue weighted by molar-refractivity contribution is 6.06. The summed E-state index contributed by atoms with van der Waals surface area (Å²) in [5.74, 6) is 1.92. The van der Waals surface area contributed by atoms with E-state index < -0.39 is 0 Å². The lowest BCUT2D eigenvalue weighted by Crippen LogP contribution is -2.32. The largest absolute Gasteiger partial charge is 0.449 e. The van der Waals surface area contributed by atoms with Gasteiger partial charge in [-0.05, 0) is 43.0 Å². The van der Waals surface area contributed by atoms with Crippen molar-refractivity contribution in [2.75, 3.05) is 0 Å². The molecule has 4 aromatic rings. The van der Waals surface area contributed by atoms with Crippen molar-refractivity contribution >= 4 is 21.5 Å². The van der Waals surface area contributed by atoms with Gasteiger partial charge in [-0.25, -0.2) is 0 Å². The van der Waals surface area contributed by atoms with E-state index >= 15 is 0 Å². The maximum absolute atomic E-state index is 6.43. The molecule has 0 aliphatic carbocycles. The van der Waals surface area contributed by atoms with Crippen LogP contribution in [0, 0.1) is 13.8 Å². The highest BCUT2D eigenvalue weighted by Crippen LogP contribution is 2.48. The van der Waals surface area contributed by atoms with Gasteiger partial charge in [-0.2, -0.15) is 4.57 Å². The van der Waals surface area contributed by atoms with E-state index in [1.807, 2.05) is 0 Å². The molecule has 5 rings (SSSR count). The SMILES string of the molecule is Cc1ccc2c[n+](C)c3c(c2c1)Oc1cccc2ccc(C)c-3c12. The Kier molecular flexibility index (Phi) is 2.58. The molecular formula is C22H18NO+. The van der Waals surface area contributed by atoms with Crippen LogP contribution in [0.5, 0.6) is 11.5 Å². The van der Waals surface area contributed by atoms with E-state index in [0.717, 1.165) is 17.2 Å². The summed E-state index contributed by atoms with van der Waals surface area (Å²) >= 11 is 0. The number of benzene rings is 3. The lowest BCUT2D eigenvalue weighted by atomic mass is 9.92. The molecule has 0 spiro atoms. The fourth-order valence-electron chi connectivity index (χ4n) is 3.88. The van der Waals surface area contributed by atoms with Gasteiger partial charge >= 0.3 is 0 Å². The molecule has 1 aliphatic rings. The predicted molar refractivity (Wildman–Crippen MR) is 97.6 cm³/mol. The molecule has 0 radical (unpaired) electrons. The smallest absolute Gasteiger partial charge is 0.257 e. The number of rotatable bonds is 0. The monoisotopic (exact) mass is 312 g/mol. The van der Waals surface area contributed by atoms with Crippen molar-refractivity contribution in [3.63, 3.8) is 0 Å². The number of ether oxygens (including phenoxy) is 1. The Morgan fingerprint density at radius 1 is 0.917 bits per heavy atom. The highest BCUT2D eigenvalue weighted by atomic mass is 16.5. The van der Waals surface area contributed by atoms with Crippen LogP contribution in [0.2, 0.25) is 0 Å². The second kappa shape index (κ2) is 4.57. The molecule has 2 heteroatoms. The first-order valence-corrected chi connectivity index (χ1v) is 8.27. The summed E-state index contributed by atoms with van der Waals surface area (Å²) in [5, 5.41) is 4.82. The summed E-state index contributed by atoms with van der Waals surface area (Å²) in [6, 6.07) is 17.2. The molecule has 24 heavy (non-hydrogen) atoms. The fourth-order valence-corrected chi connectivity index (χ4v) is 3.88. The Hall–Kier alpha value is -2.87. The van der Waals surface area contributed by atoms with Crippen LogP contribution < -0.4 is 9.30 Å². The maximum Gasteiger partial charge on any atom is 0.257 e.